The van der Waals surface area contributed by atoms with Gasteiger partial charge in [0.1, 0.15) is 0 Å². The summed E-state index contributed by atoms with van der Waals surface area (Å²) in [6, 6.07) is 19.3. The molecule has 5 aromatic rings. The lowest BCUT2D eigenvalue weighted by Crippen LogP contribution is -2.17. The summed E-state index contributed by atoms with van der Waals surface area (Å²) < 4.78 is 11.2. The van der Waals surface area contributed by atoms with Crippen LogP contribution in [0.25, 0.3) is 0 Å². The summed E-state index contributed by atoms with van der Waals surface area (Å²) in [7, 11) is 0. The van der Waals surface area contributed by atoms with Crippen molar-refractivity contribution in [2.45, 2.75) is 13.1 Å². The van der Waals surface area contributed by atoms with Gasteiger partial charge in [0.05, 0.1) is 13.1 Å². The fourth-order valence-electron chi connectivity index (χ4n) is 3.76. The minimum absolute atomic E-state index is 0.0384. The molecule has 0 saturated heterocycles. The van der Waals surface area contributed by atoms with Crippen molar-refractivity contribution >= 4 is 23.2 Å². The molecule has 0 spiro atoms. The minimum Gasteiger partial charge on any atom is -0.322 e. The highest BCUT2D eigenvalue weighted by atomic mass is 16.5. The molecule has 40 heavy (non-hydrogen) atoms. The first kappa shape index (κ1) is 25.7. The van der Waals surface area contributed by atoms with Gasteiger partial charge in [-0.3, -0.25) is 9.59 Å². The van der Waals surface area contributed by atoms with E-state index in [-0.39, 0.29) is 24.2 Å². The lowest BCUT2D eigenvalue weighted by Gasteiger charge is -2.09. The number of benzene rings is 3. The first-order chi connectivity index (χ1) is 19.2. The Hall–Kier alpha value is -5.92. The topological polar surface area (TPSA) is 194 Å². The van der Waals surface area contributed by atoms with E-state index < -0.39 is 34.7 Å². The Morgan fingerprint density at radius 1 is 0.625 bits per heavy atom. The van der Waals surface area contributed by atoms with Gasteiger partial charge >= 0.3 is 22.9 Å². The molecule has 0 radical (unpaired) electrons. The van der Waals surface area contributed by atoms with Crippen LogP contribution in [-0.2, 0) is 13.1 Å². The molecule has 14 nitrogen and oxygen atoms in total. The fraction of sp³-hybridized carbons (Fsp3) is 0.0769. The fourth-order valence-corrected chi connectivity index (χ4v) is 3.76. The number of hydrogen-bond donors (Lipinski definition) is 4. The number of rotatable bonds is 8. The summed E-state index contributed by atoms with van der Waals surface area (Å²) in [5, 5.41) is 5.48. The number of aromatic amines is 2. The van der Waals surface area contributed by atoms with Gasteiger partial charge in [-0.25, -0.2) is 29.1 Å². The molecular weight excluding hydrogens is 524 g/mol. The van der Waals surface area contributed by atoms with Gasteiger partial charge in [-0.1, -0.05) is 30.3 Å². The summed E-state index contributed by atoms with van der Waals surface area (Å²) >= 11 is 0. The van der Waals surface area contributed by atoms with E-state index in [0.29, 0.717) is 22.5 Å². The maximum absolute atomic E-state index is 12.8. The second-order valence-electron chi connectivity index (χ2n) is 8.57. The van der Waals surface area contributed by atoms with Crippen LogP contribution >= 0.6 is 0 Å². The zero-order valence-electron chi connectivity index (χ0n) is 20.5. The molecule has 0 aliphatic heterocycles. The van der Waals surface area contributed by atoms with Crippen LogP contribution in [0.5, 0.6) is 0 Å². The first-order valence-corrected chi connectivity index (χ1v) is 11.7. The highest BCUT2D eigenvalue weighted by Crippen LogP contribution is 2.15. The normalized spacial score (nSPS) is 10.8. The van der Waals surface area contributed by atoms with Crippen LogP contribution < -0.4 is 33.5 Å². The Morgan fingerprint density at radius 3 is 1.38 bits per heavy atom. The van der Waals surface area contributed by atoms with E-state index in [1.165, 1.54) is 6.07 Å². The lowest BCUT2D eigenvalue weighted by molar-refractivity contribution is 0.102. The third-order valence-corrected chi connectivity index (χ3v) is 5.72. The third-order valence-electron chi connectivity index (χ3n) is 5.72. The van der Waals surface area contributed by atoms with Crippen LogP contribution in [0.15, 0.2) is 101 Å². The third kappa shape index (κ3) is 5.96. The average Bonchev–Trinajstić information content (AvgIpc) is 3.43. The highest BCUT2D eigenvalue weighted by Gasteiger charge is 2.12. The Labute approximate surface area is 222 Å². The molecule has 0 bridgehead atoms. The summed E-state index contributed by atoms with van der Waals surface area (Å²) in [6.45, 7) is 0.0768. The molecule has 0 saturated carbocycles. The molecule has 0 aliphatic carbocycles. The maximum Gasteiger partial charge on any atom is 0.440 e. The molecule has 2 aromatic heterocycles. The molecule has 2 amide bonds. The van der Waals surface area contributed by atoms with Crippen LogP contribution in [0, 0.1) is 0 Å². The van der Waals surface area contributed by atoms with Crippen LogP contribution in [-0.4, -0.2) is 31.3 Å². The van der Waals surface area contributed by atoms with Gasteiger partial charge < -0.3 is 19.7 Å². The predicted molar refractivity (Wildman–Crippen MR) is 141 cm³/mol. The van der Waals surface area contributed by atoms with E-state index in [9.17, 15) is 28.8 Å². The van der Waals surface area contributed by atoms with Gasteiger partial charge in [0, 0.05) is 22.5 Å². The highest BCUT2D eigenvalue weighted by molar-refractivity contribution is 6.08. The Morgan fingerprint density at radius 2 is 1.02 bits per heavy atom. The molecule has 4 N–H and O–H groups in total. The Bertz CT molecular complexity index is 1780. The monoisotopic (exact) mass is 544 g/mol. The summed E-state index contributed by atoms with van der Waals surface area (Å²) in [6.07, 6.45) is 0. The van der Waals surface area contributed by atoms with E-state index in [2.05, 4.69) is 10.6 Å². The summed E-state index contributed by atoms with van der Waals surface area (Å²) in [5.74, 6) is -2.57. The number of aromatic nitrogens is 4. The zero-order chi connectivity index (χ0) is 28.2. The van der Waals surface area contributed by atoms with Crippen LogP contribution in [0.3, 0.4) is 0 Å². The van der Waals surface area contributed by atoms with Crippen molar-refractivity contribution in [3.05, 3.63) is 137 Å². The quantitative estimate of drug-likeness (QED) is 0.223. The van der Waals surface area contributed by atoms with E-state index in [1.54, 1.807) is 66.7 Å². The number of H-pyrrole nitrogens is 2. The number of anilines is 2. The molecule has 3 aromatic carbocycles. The number of hydrogen-bond acceptors (Lipinski definition) is 8. The van der Waals surface area contributed by atoms with Crippen LogP contribution in [0.2, 0.25) is 0 Å². The van der Waals surface area contributed by atoms with Gasteiger partial charge in [0.15, 0.2) is 0 Å². The van der Waals surface area contributed by atoms with Gasteiger partial charge in [-0.15, -0.1) is 9.48 Å². The Kier molecular flexibility index (Phi) is 6.96. The van der Waals surface area contributed by atoms with Crippen molar-refractivity contribution in [1.82, 2.24) is 19.4 Å². The van der Waals surface area contributed by atoms with E-state index in [4.69, 9.17) is 9.05 Å². The largest absolute Gasteiger partial charge is 0.440 e. The number of carbonyl (C=O) groups is 2. The molecule has 0 fully saturated rings. The number of carbonyl (C=O) groups excluding carboxylic acids is 2. The molecule has 5 rings (SSSR count). The van der Waals surface area contributed by atoms with Gasteiger partial charge in [-0.05, 0) is 53.6 Å². The minimum atomic E-state index is -0.845. The summed E-state index contributed by atoms with van der Waals surface area (Å²) in [5.41, 5.74) is 1.48. The smallest absolute Gasteiger partial charge is 0.322 e. The molecule has 14 heteroatoms. The molecule has 2 heterocycles. The molecular formula is C26H20N6O8. The lowest BCUT2D eigenvalue weighted by atomic mass is 10.1. The van der Waals surface area contributed by atoms with Crippen molar-refractivity contribution in [3.8, 4) is 0 Å². The number of amides is 2. The van der Waals surface area contributed by atoms with Crippen LogP contribution in [0.1, 0.15) is 31.8 Å². The Balaban J connectivity index is 1.20. The summed E-state index contributed by atoms with van der Waals surface area (Å²) in [4.78, 5) is 75.0. The maximum atomic E-state index is 12.8. The number of nitrogens with one attached hydrogen (secondary N) is 4. The van der Waals surface area contributed by atoms with Gasteiger partial charge in [0.25, 0.3) is 11.8 Å². The van der Waals surface area contributed by atoms with Crippen molar-refractivity contribution in [1.29, 1.82) is 0 Å². The van der Waals surface area contributed by atoms with E-state index in [0.717, 1.165) is 9.48 Å². The van der Waals surface area contributed by atoms with Crippen molar-refractivity contribution < 1.29 is 18.6 Å². The predicted octanol–water partition coefficient (Wildman–Crippen LogP) is 1.17. The SMILES string of the molecule is O=C(Nc1ccc(Cn2oc(=O)[nH]c2=O)cc1)c1cccc(C(=O)Nc2ccc(Cn3oc(=O)[nH]c3=O)cc2)c1. The van der Waals surface area contributed by atoms with Crippen LogP contribution in [0.4, 0.5) is 11.4 Å². The molecule has 0 unspecified atom stereocenters. The second kappa shape index (κ2) is 10.8. The van der Waals surface area contributed by atoms with E-state index in [1.807, 2.05) is 9.97 Å². The zero-order valence-corrected chi connectivity index (χ0v) is 20.5. The molecule has 0 atom stereocenters. The molecule has 202 valence electrons. The van der Waals surface area contributed by atoms with Gasteiger partial charge in [0.2, 0.25) is 0 Å². The van der Waals surface area contributed by atoms with Crippen molar-refractivity contribution in [2.75, 3.05) is 10.6 Å². The first-order valence-electron chi connectivity index (χ1n) is 11.7. The van der Waals surface area contributed by atoms with Crippen molar-refractivity contribution in [2.24, 2.45) is 0 Å². The second-order valence-corrected chi connectivity index (χ2v) is 8.57. The average molecular weight is 544 g/mol. The number of nitrogens with zero attached hydrogens (tertiary/aromatic N) is 2. The molecule has 0 aliphatic rings. The van der Waals surface area contributed by atoms with Gasteiger partial charge in [-0.2, -0.15) is 0 Å². The van der Waals surface area contributed by atoms with E-state index >= 15 is 0 Å². The van der Waals surface area contributed by atoms with Crippen molar-refractivity contribution in [3.63, 3.8) is 0 Å². The standard InChI is InChI=1S/C26H20N6O8/c33-21(27-19-8-4-15(5-9-19)13-31-23(35)29-25(37)39-31)17-2-1-3-18(12-17)22(34)28-20-10-6-16(7-11-20)14-32-24(36)30-26(38)40-32/h1-12H,13-14H2,(H,27,33)(H,28,34)(H,29,35,37)(H,30,36,38).